The standard InChI is InChI=1S/C31H47N4O8P/c1-8-41-44(40)19-18-34(21-25-24(20-32-33-25)23-14-10-9-11-15-23)22-31(44,26(36)37)16-12-13-17-35(27(38)42-29(2,3)4)28(39)43-30(5,6)7/h9-11,14-15,20H,8,12-13,16-19,21-22H2,1-7H3,(H,32,33)(H,36,37). The first-order chi connectivity index (χ1) is 20.5. The number of nitrogens with one attached hydrogen (secondary N) is 1. The molecule has 0 bridgehead atoms. The number of imide groups is 1. The molecule has 0 aliphatic carbocycles. The van der Waals surface area contributed by atoms with Crippen molar-refractivity contribution >= 4 is 25.5 Å². The van der Waals surface area contributed by atoms with Crippen LogP contribution in [0.3, 0.4) is 0 Å². The molecule has 2 aromatic rings. The van der Waals surface area contributed by atoms with Crippen LogP contribution in [0.5, 0.6) is 0 Å². The number of carboxylic acid groups (broad SMARTS) is 1. The molecule has 0 spiro atoms. The second-order valence-corrected chi connectivity index (χ2v) is 16.0. The number of carbonyl (C=O) groups excluding carboxylic acids is 2. The normalized spacial score (nSPS) is 21.1. The Bertz CT molecular complexity index is 1310. The third-order valence-electron chi connectivity index (χ3n) is 7.22. The van der Waals surface area contributed by atoms with Crippen molar-refractivity contribution in [3.63, 3.8) is 0 Å². The van der Waals surface area contributed by atoms with E-state index in [0.29, 0.717) is 13.1 Å². The van der Waals surface area contributed by atoms with Gasteiger partial charge in [0.05, 0.1) is 18.5 Å². The maximum Gasteiger partial charge on any atom is 0.419 e. The lowest BCUT2D eigenvalue weighted by Crippen LogP contribution is -2.54. The van der Waals surface area contributed by atoms with E-state index < -0.39 is 41.9 Å². The maximum atomic E-state index is 14.2. The van der Waals surface area contributed by atoms with Crippen molar-refractivity contribution in [1.82, 2.24) is 20.0 Å². The van der Waals surface area contributed by atoms with Crippen molar-refractivity contribution in [3.05, 3.63) is 42.2 Å². The Labute approximate surface area is 259 Å². The second-order valence-electron chi connectivity index (χ2n) is 13.1. The Morgan fingerprint density at radius 3 is 2.20 bits per heavy atom. The number of H-pyrrole nitrogens is 1. The summed E-state index contributed by atoms with van der Waals surface area (Å²) in [5.74, 6) is -1.19. The van der Waals surface area contributed by atoms with Gasteiger partial charge in [0.25, 0.3) is 0 Å². The first-order valence-corrected chi connectivity index (χ1v) is 16.8. The van der Waals surface area contributed by atoms with Gasteiger partial charge in [0.15, 0.2) is 5.16 Å². The van der Waals surface area contributed by atoms with Crippen molar-refractivity contribution < 1.29 is 38.1 Å². The van der Waals surface area contributed by atoms with Crippen LogP contribution >= 0.6 is 7.37 Å². The van der Waals surface area contributed by atoms with Gasteiger partial charge in [-0.1, -0.05) is 30.3 Å². The van der Waals surface area contributed by atoms with E-state index >= 15 is 0 Å². The average molecular weight is 635 g/mol. The van der Waals surface area contributed by atoms with Gasteiger partial charge >= 0.3 is 18.2 Å². The lowest BCUT2D eigenvalue weighted by atomic mass is 9.99. The smallest absolute Gasteiger partial charge is 0.419 e. The molecule has 1 saturated heterocycles. The van der Waals surface area contributed by atoms with Crippen molar-refractivity contribution in [2.45, 2.75) is 90.6 Å². The van der Waals surface area contributed by atoms with E-state index in [4.69, 9.17) is 14.0 Å². The molecule has 44 heavy (non-hydrogen) atoms. The van der Waals surface area contributed by atoms with E-state index in [1.54, 1.807) is 54.7 Å². The fourth-order valence-electron chi connectivity index (χ4n) is 5.25. The number of aliphatic carboxylic acids is 1. The number of carbonyl (C=O) groups is 3. The maximum absolute atomic E-state index is 14.2. The Balaban J connectivity index is 1.79. The highest BCUT2D eigenvalue weighted by molar-refractivity contribution is 7.62. The van der Waals surface area contributed by atoms with E-state index in [0.717, 1.165) is 21.7 Å². The molecule has 1 aliphatic heterocycles. The van der Waals surface area contributed by atoms with Gasteiger partial charge in [0, 0.05) is 37.9 Å². The fourth-order valence-corrected chi connectivity index (χ4v) is 8.22. The van der Waals surface area contributed by atoms with Gasteiger partial charge in [-0.05, 0) is 73.3 Å². The molecule has 0 saturated carbocycles. The molecule has 2 N–H and O–H groups in total. The number of benzene rings is 1. The highest BCUT2D eigenvalue weighted by Crippen LogP contribution is 2.63. The van der Waals surface area contributed by atoms with Gasteiger partial charge in [0.2, 0.25) is 7.37 Å². The first-order valence-electron chi connectivity index (χ1n) is 15.0. The lowest BCUT2D eigenvalue weighted by molar-refractivity contribution is -0.141. The van der Waals surface area contributed by atoms with Gasteiger partial charge < -0.3 is 19.1 Å². The molecule has 1 aromatic heterocycles. The number of unbranched alkanes of at least 4 members (excludes halogenated alkanes) is 1. The summed E-state index contributed by atoms with van der Waals surface area (Å²) in [6.07, 6.45) is 0.669. The highest BCUT2D eigenvalue weighted by Gasteiger charge is 2.58. The van der Waals surface area contributed by atoms with Gasteiger partial charge in [0.1, 0.15) is 11.2 Å². The minimum Gasteiger partial charge on any atom is -0.480 e. The molecular weight excluding hydrogens is 587 g/mol. The lowest BCUT2D eigenvalue weighted by Gasteiger charge is -2.44. The van der Waals surface area contributed by atoms with E-state index in [9.17, 15) is 24.1 Å². The third kappa shape index (κ3) is 8.92. The number of hydrogen-bond acceptors (Lipinski definition) is 9. The largest absolute Gasteiger partial charge is 0.480 e. The highest BCUT2D eigenvalue weighted by atomic mass is 31.2. The van der Waals surface area contributed by atoms with Crippen LogP contribution in [0.25, 0.3) is 11.1 Å². The number of ether oxygens (including phenoxy) is 2. The molecule has 0 radical (unpaired) electrons. The zero-order valence-electron chi connectivity index (χ0n) is 26.9. The van der Waals surface area contributed by atoms with Crippen LogP contribution in [-0.4, -0.2) is 92.0 Å². The molecule has 244 valence electrons. The number of aromatic amines is 1. The van der Waals surface area contributed by atoms with Gasteiger partial charge in [-0.2, -0.15) is 5.10 Å². The van der Waals surface area contributed by atoms with Crippen molar-refractivity contribution in [1.29, 1.82) is 0 Å². The first kappa shape index (κ1) is 35.3. The summed E-state index contributed by atoms with van der Waals surface area (Å²) >= 11 is 0. The number of amides is 2. The van der Waals surface area contributed by atoms with E-state index in [1.165, 1.54) is 0 Å². The number of nitrogens with zero attached hydrogens (tertiary/aromatic N) is 3. The number of hydrogen-bond donors (Lipinski definition) is 2. The van der Waals surface area contributed by atoms with Crippen LogP contribution in [0.2, 0.25) is 0 Å². The molecule has 2 amide bonds. The summed E-state index contributed by atoms with van der Waals surface area (Å²) < 4.78 is 30.8. The molecule has 2 heterocycles. The molecule has 13 heteroatoms. The van der Waals surface area contributed by atoms with E-state index in [1.807, 2.05) is 35.2 Å². The summed E-state index contributed by atoms with van der Waals surface area (Å²) in [6.45, 7) is 12.7. The molecule has 2 unspecified atom stereocenters. The molecule has 3 rings (SSSR count). The summed E-state index contributed by atoms with van der Waals surface area (Å²) in [4.78, 5) is 41.7. The zero-order valence-corrected chi connectivity index (χ0v) is 27.8. The minimum absolute atomic E-state index is 0.00864. The fraction of sp³-hybridized carbons (Fsp3) is 0.613. The second kappa shape index (κ2) is 14.3. The van der Waals surface area contributed by atoms with Crippen molar-refractivity contribution in [3.8, 4) is 11.1 Å². The Morgan fingerprint density at radius 2 is 1.66 bits per heavy atom. The number of rotatable bonds is 11. The van der Waals surface area contributed by atoms with Crippen LogP contribution in [-0.2, 0) is 29.9 Å². The van der Waals surface area contributed by atoms with Crippen LogP contribution < -0.4 is 0 Å². The van der Waals surface area contributed by atoms with E-state index in [-0.39, 0.29) is 45.1 Å². The summed E-state index contributed by atoms with van der Waals surface area (Å²) in [6, 6.07) is 9.77. The molecular formula is C31H47N4O8P. The van der Waals surface area contributed by atoms with Crippen LogP contribution in [0, 0.1) is 0 Å². The molecule has 1 fully saturated rings. The topological polar surface area (TPSA) is 151 Å². The van der Waals surface area contributed by atoms with E-state index in [2.05, 4.69) is 10.2 Å². The quantitative estimate of drug-likeness (QED) is 0.211. The minimum atomic E-state index is -3.63. The van der Waals surface area contributed by atoms with Gasteiger partial charge in [-0.15, -0.1) is 0 Å². The molecule has 2 atom stereocenters. The Hall–Kier alpha value is -3.21. The number of carboxylic acids is 1. The summed E-state index contributed by atoms with van der Waals surface area (Å²) in [7, 11) is -3.63. The Morgan fingerprint density at radius 1 is 1.05 bits per heavy atom. The van der Waals surface area contributed by atoms with Gasteiger partial charge in [-0.3, -0.25) is 19.4 Å². The van der Waals surface area contributed by atoms with Crippen molar-refractivity contribution in [2.75, 3.05) is 32.4 Å². The SMILES string of the molecule is CCOP1(=O)CCN(Cc2[nH]ncc2-c2ccccc2)CC1(CCCCN(C(=O)OC(C)(C)C)C(=O)OC(C)(C)C)C(=O)O. The number of aromatic nitrogens is 2. The average Bonchev–Trinajstić information content (AvgIpc) is 3.37. The van der Waals surface area contributed by atoms with Crippen molar-refractivity contribution in [2.24, 2.45) is 0 Å². The molecule has 1 aliphatic rings. The third-order valence-corrected chi connectivity index (χ3v) is 10.5. The van der Waals surface area contributed by atoms with Gasteiger partial charge in [-0.25, -0.2) is 14.5 Å². The summed E-state index contributed by atoms with van der Waals surface area (Å²) in [5, 5.41) is 16.2. The summed E-state index contributed by atoms with van der Waals surface area (Å²) in [5.41, 5.74) is 1.05. The monoisotopic (exact) mass is 634 g/mol. The van der Waals surface area contributed by atoms with Crippen LogP contribution in [0.15, 0.2) is 36.5 Å². The predicted octanol–water partition coefficient (Wildman–Crippen LogP) is 6.37. The van der Waals surface area contributed by atoms with Crippen LogP contribution in [0.1, 0.15) is 73.4 Å². The van der Waals surface area contributed by atoms with Crippen LogP contribution in [0.4, 0.5) is 9.59 Å². The Kier molecular flexibility index (Phi) is 11.4. The molecule has 12 nitrogen and oxygen atoms in total. The molecule has 1 aromatic carbocycles. The zero-order chi connectivity index (χ0) is 32.8. The predicted molar refractivity (Wildman–Crippen MR) is 167 cm³/mol.